The number of aromatic amines is 1. The highest BCUT2D eigenvalue weighted by molar-refractivity contribution is 5.92. The van der Waals surface area contributed by atoms with Gasteiger partial charge in [-0.25, -0.2) is 10.1 Å². The van der Waals surface area contributed by atoms with Crippen LogP contribution in [0.15, 0.2) is 35.3 Å². The van der Waals surface area contributed by atoms with Gasteiger partial charge < -0.3 is 9.80 Å². The monoisotopic (exact) mass is 327 g/mol. The molecule has 0 bridgehead atoms. The van der Waals surface area contributed by atoms with Crippen LogP contribution in [0.4, 0.5) is 5.82 Å². The first-order valence-electron chi connectivity index (χ1n) is 8.03. The molecule has 1 saturated heterocycles. The molecule has 0 spiro atoms. The number of piperidine rings is 1. The maximum absolute atomic E-state index is 12.6. The molecule has 0 aromatic carbocycles. The van der Waals surface area contributed by atoms with Crippen LogP contribution in [0.3, 0.4) is 0 Å². The Labute approximate surface area is 140 Å². The molecule has 1 fully saturated rings. The number of hydrogen-bond acceptors (Lipinski definition) is 5. The topological polar surface area (TPSA) is 82.2 Å². The van der Waals surface area contributed by atoms with E-state index in [1.54, 1.807) is 0 Å². The van der Waals surface area contributed by atoms with E-state index >= 15 is 0 Å². The number of amides is 1. The van der Waals surface area contributed by atoms with E-state index in [0.29, 0.717) is 13.1 Å². The van der Waals surface area contributed by atoms with E-state index < -0.39 is 0 Å². The van der Waals surface area contributed by atoms with Gasteiger partial charge in [0.15, 0.2) is 0 Å². The van der Waals surface area contributed by atoms with Gasteiger partial charge in [-0.05, 0) is 36.6 Å². The van der Waals surface area contributed by atoms with E-state index in [1.807, 2.05) is 36.2 Å². The number of aromatic nitrogens is 3. The molecule has 0 radical (unpaired) electrons. The molecule has 0 unspecified atom stereocenters. The van der Waals surface area contributed by atoms with Crippen LogP contribution in [-0.2, 0) is 0 Å². The molecule has 1 amide bonds. The van der Waals surface area contributed by atoms with Gasteiger partial charge in [0.2, 0.25) is 0 Å². The van der Waals surface area contributed by atoms with Gasteiger partial charge in [0.25, 0.3) is 11.5 Å². The summed E-state index contributed by atoms with van der Waals surface area (Å²) >= 11 is 0. The van der Waals surface area contributed by atoms with Gasteiger partial charge >= 0.3 is 0 Å². The van der Waals surface area contributed by atoms with Gasteiger partial charge in [0.05, 0.1) is 0 Å². The Hall–Kier alpha value is -2.70. The molecule has 7 nitrogen and oxygen atoms in total. The molecule has 3 heterocycles. The maximum atomic E-state index is 12.6. The van der Waals surface area contributed by atoms with E-state index in [0.717, 1.165) is 18.7 Å². The Bertz CT molecular complexity index is 766. The number of carbonyl (C=O) groups is 1. The van der Waals surface area contributed by atoms with Gasteiger partial charge in [-0.1, -0.05) is 0 Å². The van der Waals surface area contributed by atoms with Crippen molar-refractivity contribution in [3.05, 3.63) is 52.1 Å². The molecule has 7 heteroatoms. The van der Waals surface area contributed by atoms with E-state index in [9.17, 15) is 9.59 Å². The summed E-state index contributed by atoms with van der Waals surface area (Å²) in [6.45, 7) is 1.36. The lowest BCUT2D eigenvalue weighted by atomic mass is 9.91. The standard InChI is InChI=1S/C17H21N5O2/c1-21(2)15-10-12(7-8-18-15)13-4-3-9-22(11-13)17(24)14-5-6-16(23)20-19-14/h5-8,10,13H,3-4,9,11H2,1-2H3,(H,20,23)/t13-/m0/s1. The van der Waals surface area contributed by atoms with Crippen molar-refractivity contribution in [3.8, 4) is 0 Å². The fourth-order valence-electron chi connectivity index (χ4n) is 2.99. The average molecular weight is 327 g/mol. The van der Waals surface area contributed by atoms with Crippen LogP contribution in [0, 0.1) is 0 Å². The van der Waals surface area contributed by atoms with Crippen LogP contribution >= 0.6 is 0 Å². The molecule has 1 N–H and O–H groups in total. The number of hydrogen-bond donors (Lipinski definition) is 1. The summed E-state index contributed by atoms with van der Waals surface area (Å²) in [6, 6.07) is 6.90. The highest BCUT2D eigenvalue weighted by atomic mass is 16.2. The molecular weight excluding hydrogens is 306 g/mol. The molecule has 1 aliphatic rings. The molecule has 2 aromatic rings. The summed E-state index contributed by atoms with van der Waals surface area (Å²) in [6.07, 6.45) is 3.80. The third-order valence-corrected chi connectivity index (χ3v) is 4.31. The summed E-state index contributed by atoms with van der Waals surface area (Å²) in [5.74, 6) is 1.06. The lowest BCUT2D eigenvalue weighted by Gasteiger charge is -2.33. The highest BCUT2D eigenvalue weighted by Gasteiger charge is 2.26. The lowest BCUT2D eigenvalue weighted by Crippen LogP contribution is -2.39. The number of nitrogens with zero attached hydrogens (tertiary/aromatic N) is 4. The van der Waals surface area contributed by atoms with Crippen molar-refractivity contribution in [2.45, 2.75) is 18.8 Å². The number of pyridine rings is 1. The molecular formula is C17H21N5O2. The summed E-state index contributed by atoms with van der Waals surface area (Å²) in [4.78, 5) is 31.8. The van der Waals surface area contributed by atoms with Crippen molar-refractivity contribution < 1.29 is 4.79 Å². The fraction of sp³-hybridized carbons (Fsp3) is 0.412. The number of H-pyrrole nitrogens is 1. The first-order valence-corrected chi connectivity index (χ1v) is 8.03. The summed E-state index contributed by atoms with van der Waals surface area (Å²) in [5.41, 5.74) is 1.16. The first kappa shape index (κ1) is 16.2. The largest absolute Gasteiger partial charge is 0.363 e. The SMILES string of the molecule is CN(C)c1cc([C@H]2CCCN(C(=O)c3ccc(=O)[nH]n3)C2)ccn1. The molecule has 2 aromatic heterocycles. The van der Waals surface area contributed by atoms with Crippen molar-refractivity contribution in [3.63, 3.8) is 0 Å². The molecule has 0 saturated carbocycles. The summed E-state index contributed by atoms with van der Waals surface area (Å²) in [5, 5.41) is 6.16. The Morgan fingerprint density at radius 1 is 1.33 bits per heavy atom. The zero-order valence-electron chi connectivity index (χ0n) is 13.9. The van der Waals surface area contributed by atoms with Gasteiger partial charge in [0.1, 0.15) is 11.5 Å². The van der Waals surface area contributed by atoms with Crippen molar-refractivity contribution >= 4 is 11.7 Å². The van der Waals surface area contributed by atoms with E-state index in [2.05, 4.69) is 21.2 Å². The van der Waals surface area contributed by atoms with E-state index in [-0.39, 0.29) is 23.1 Å². The van der Waals surface area contributed by atoms with E-state index in [4.69, 9.17) is 0 Å². The third-order valence-electron chi connectivity index (χ3n) is 4.31. The van der Waals surface area contributed by atoms with Crippen molar-refractivity contribution in [1.82, 2.24) is 20.1 Å². The smallest absolute Gasteiger partial charge is 0.274 e. The number of likely N-dealkylation sites (tertiary alicyclic amines) is 1. The number of rotatable bonds is 3. The second-order valence-electron chi connectivity index (χ2n) is 6.24. The number of nitrogens with one attached hydrogen (secondary N) is 1. The summed E-state index contributed by atoms with van der Waals surface area (Å²) in [7, 11) is 3.93. The fourth-order valence-corrected chi connectivity index (χ4v) is 2.99. The van der Waals surface area contributed by atoms with Crippen LogP contribution in [0.2, 0.25) is 0 Å². The number of anilines is 1. The maximum Gasteiger partial charge on any atom is 0.274 e. The van der Waals surface area contributed by atoms with Crippen LogP contribution in [0.25, 0.3) is 0 Å². The predicted octanol–water partition coefficient (Wildman–Crippen LogP) is 1.25. The quantitative estimate of drug-likeness (QED) is 0.917. The minimum Gasteiger partial charge on any atom is -0.363 e. The van der Waals surface area contributed by atoms with Gasteiger partial charge in [0, 0.05) is 45.4 Å². The van der Waals surface area contributed by atoms with E-state index in [1.165, 1.54) is 17.7 Å². The van der Waals surface area contributed by atoms with Gasteiger partial charge in [-0.2, -0.15) is 5.10 Å². The Morgan fingerprint density at radius 2 is 2.17 bits per heavy atom. The molecule has 126 valence electrons. The lowest BCUT2D eigenvalue weighted by molar-refractivity contribution is 0.0700. The summed E-state index contributed by atoms with van der Waals surface area (Å²) < 4.78 is 0. The average Bonchev–Trinajstić information content (AvgIpc) is 2.62. The van der Waals surface area contributed by atoms with Gasteiger partial charge in [-0.3, -0.25) is 9.59 Å². The molecule has 0 aliphatic carbocycles. The van der Waals surface area contributed by atoms with Crippen molar-refractivity contribution in [1.29, 1.82) is 0 Å². The normalized spacial score (nSPS) is 17.6. The Balaban J connectivity index is 1.76. The van der Waals surface area contributed by atoms with Crippen LogP contribution in [0.5, 0.6) is 0 Å². The second kappa shape index (κ2) is 6.82. The minimum atomic E-state index is -0.309. The van der Waals surface area contributed by atoms with Crippen LogP contribution in [-0.4, -0.2) is 53.2 Å². The van der Waals surface area contributed by atoms with Crippen molar-refractivity contribution in [2.75, 3.05) is 32.1 Å². The van der Waals surface area contributed by atoms with Gasteiger partial charge in [-0.15, -0.1) is 0 Å². The third kappa shape index (κ3) is 3.45. The second-order valence-corrected chi connectivity index (χ2v) is 6.24. The molecule has 3 rings (SSSR count). The predicted molar refractivity (Wildman–Crippen MR) is 91.3 cm³/mol. The highest BCUT2D eigenvalue weighted by Crippen LogP contribution is 2.28. The molecule has 1 aliphatic heterocycles. The molecule has 24 heavy (non-hydrogen) atoms. The van der Waals surface area contributed by atoms with Crippen LogP contribution in [0.1, 0.15) is 34.8 Å². The van der Waals surface area contributed by atoms with Crippen LogP contribution < -0.4 is 10.5 Å². The Kier molecular flexibility index (Phi) is 4.59. The Morgan fingerprint density at radius 3 is 2.88 bits per heavy atom. The zero-order valence-corrected chi connectivity index (χ0v) is 13.9. The number of carbonyl (C=O) groups excluding carboxylic acids is 1. The minimum absolute atomic E-state index is 0.141. The molecule has 1 atom stereocenters. The first-order chi connectivity index (χ1) is 11.5. The zero-order chi connectivity index (χ0) is 17.1. The van der Waals surface area contributed by atoms with Crippen molar-refractivity contribution in [2.24, 2.45) is 0 Å².